The third-order valence-corrected chi connectivity index (χ3v) is 2.99. The molecule has 0 aliphatic rings. The lowest BCUT2D eigenvalue weighted by Gasteiger charge is -2.08. The van der Waals surface area contributed by atoms with Crippen LogP contribution in [0.5, 0.6) is 0 Å². The summed E-state index contributed by atoms with van der Waals surface area (Å²) in [5, 5.41) is 4.31. The topological polar surface area (TPSA) is 43.8 Å². The summed E-state index contributed by atoms with van der Waals surface area (Å²) in [6, 6.07) is 6.60. The maximum Gasteiger partial charge on any atom is 0.128 e. The molecular formula is C13H14FN3S. The number of thiocarbonyl (C=S) groups is 1. The van der Waals surface area contributed by atoms with Gasteiger partial charge in [0.25, 0.3) is 0 Å². The quantitative estimate of drug-likeness (QED) is 0.864. The third kappa shape index (κ3) is 2.56. The molecule has 0 aliphatic heterocycles. The lowest BCUT2D eigenvalue weighted by atomic mass is 10.1. The van der Waals surface area contributed by atoms with E-state index >= 15 is 0 Å². The van der Waals surface area contributed by atoms with Gasteiger partial charge in [0.1, 0.15) is 10.8 Å². The lowest BCUT2D eigenvalue weighted by Crippen LogP contribution is -2.12. The second-order valence-corrected chi connectivity index (χ2v) is 4.70. The highest BCUT2D eigenvalue weighted by molar-refractivity contribution is 7.80. The highest BCUT2D eigenvalue weighted by Gasteiger charge is 2.08. The zero-order chi connectivity index (χ0) is 13.3. The van der Waals surface area contributed by atoms with E-state index in [9.17, 15) is 4.39 Å². The Hall–Kier alpha value is -1.75. The molecule has 2 N–H and O–H groups in total. The maximum absolute atomic E-state index is 13.7. The van der Waals surface area contributed by atoms with Gasteiger partial charge in [-0.15, -0.1) is 0 Å². The van der Waals surface area contributed by atoms with E-state index in [1.165, 1.54) is 6.07 Å². The second-order valence-electron chi connectivity index (χ2n) is 4.26. The molecule has 94 valence electrons. The maximum atomic E-state index is 13.7. The van der Waals surface area contributed by atoms with E-state index in [2.05, 4.69) is 5.10 Å². The van der Waals surface area contributed by atoms with Crippen molar-refractivity contribution in [2.45, 2.75) is 20.4 Å². The van der Waals surface area contributed by atoms with Crippen LogP contribution in [0.2, 0.25) is 0 Å². The van der Waals surface area contributed by atoms with Crippen molar-refractivity contribution in [3.63, 3.8) is 0 Å². The molecule has 0 amide bonds. The first-order valence-electron chi connectivity index (χ1n) is 5.56. The summed E-state index contributed by atoms with van der Waals surface area (Å²) in [5.74, 6) is -0.275. The molecule has 0 saturated heterocycles. The molecule has 0 fully saturated rings. The molecule has 2 aromatic rings. The van der Waals surface area contributed by atoms with E-state index in [1.807, 2.05) is 19.9 Å². The number of nitrogens with two attached hydrogens (primary N) is 1. The van der Waals surface area contributed by atoms with Crippen LogP contribution in [-0.4, -0.2) is 14.8 Å². The summed E-state index contributed by atoms with van der Waals surface area (Å²) in [4.78, 5) is 0.268. The summed E-state index contributed by atoms with van der Waals surface area (Å²) in [6.07, 6.45) is 0. The molecule has 1 heterocycles. The molecule has 0 spiro atoms. The van der Waals surface area contributed by atoms with E-state index in [0.29, 0.717) is 17.7 Å². The Kier molecular flexibility index (Phi) is 3.43. The molecule has 0 bridgehead atoms. The van der Waals surface area contributed by atoms with E-state index in [-0.39, 0.29) is 10.8 Å². The molecule has 0 radical (unpaired) electrons. The molecule has 0 atom stereocenters. The lowest BCUT2D eigenvalue weighted by molar-refractivity contribution is 0.578. The van der Waals surface area contributed by atoms with Crippen LogP contribution in [0.1, 0.15) is 22.5 Å². The van der Waals surface area contributed by atoms with Crippen LogP contribution in [0.3, 0.4) is 0 Å². The zero-order valence-electron chi connectivity index (χ0n) is 10.3. The highest BCUT2D eigenvalue weighted by Crippen LogP contribution is 2.13. The standard InChI is InChI=1S/C13H14FN3S/c1-8-5-9(2)17(16-8)7-11-6-10(13(15)18)3-4-12(11)14/h3-6H,7H2,1-2H3,(H2,15,18). The fourth-order valence-corrected chi connectivity index (χ4v) is 1.97. The fourth-order valence-electron chi connectivity index (χ4n) is 1.85. The van der Waals surface area contributed by atoms with E-state index < -0.39 is 0 Å². The Morgan fingerprint density at radius 3 is 2.67 bits per heavy atom. The van der Waals surface area contributed by atoms with Crippen LogP contribution in [0.25, 0.3) is 0 Å². The number of aromatic nitrogens is 2. The van der Waals surface area contributed by atoms with Gasteiger partial charge in [-0.05, 0) is 38.1 Å². The number of hydrogen-bond acceptors (Lipinski definition) is 2. The predicted molar refractivity (Wildman–Crippen MR) is 73.1 cm³/mol. The molecule has 18 heavy (non-hydrogen) atoms. The SMILES string of the molecule is Cc1cc(C)n(Cc2cc(C(N)=S)ccc2F)n1. The monoisotopic (exact) mass is 263 g/mol. The number of halogens is 1. The van der Waals surface area contributed by atoms with Gasteiger partial charge in [0, 0.05) is 16.8 Å². The van der Waals surface area contributed by atoms with Crippen molar-refractivity contribution in [2.75, 3.05) is 0 Å². The van der Waals surface area contributed by atoms with Crippen LogP contribution >= 0.6 is 12.2 Å². The smallest absolute Gasteiger partial charge is 0.128 e. The second kappa shape index (κ2) is 4.86. The van der Waals surface area contributed by atoms with Crippen LogP contribution in [0.4, 0.5) is 4.39 Å². The summed E-state index contributed by atoms with van der Waals surface area (Å²) < 4.78 is 15.5. The zero-order valence-corrected chi connectivity index (χ0v) is 11.1. The van der Waals surface area contributed by atoms with Gasteiger partial charge in [0.15, 0.2) is 0 Å². The van der Waals surface area contributed by atoms with E-state index in [4.69, 9.17) is 18.0 Å². The predicted octanol–water partition coefficient (Wildman–Crippen LogP) is 2.32. The minimum Gasteiger partial charge on any atom is -0.389 e. The third-order valence-electron chi connectivity index (χ3n) is 2.75. The number of benzene rings is 1. The Labute approximate surface area is 110 Å². The molecule has 0 aliphatic carbocycles. The minimum absolute atomic E-state index is 0.268. The summed E-state index contributed by atoms with van der Waals surface area (Å²) in [6.45, 7) is 4.22. The molecule has 5 heteroatoms. The number of aryl methyl sites for hydroxylation is 2. The van der Waals surface area contributed by atoms with Gasteiger partial charge in [0.2, 0.25) is 0 Å². The first-order chi connectivity index (χ1) is 8.47. The molecule has 0 saturated carbocycles. The first kappa shape index (κ1) is 12.7. The van der Waals surface area contributed by atoms with Gasteiger partial charge in [0.05, 0.1) is 12.2 Å². The van der Waals surface area contributed by atoms with Crippen LogP contribution in [-0.2, 0) is 6.54 Å². The molecule has 3 nitrogen and oxygen atoms in total. The van der Waals surface area contributed by atoms with Crippen molar-refractivity contribution < 1.29 is 4.39 Å². The van der Waals surface area contributed by atoms with Gasteiger partial charge in [-0.2, -0.15) is 5.10 Å². The van der Waals surface area contributed by atoms with Crippen molar-refractivity contribution in [3.05, 3.63) is 52.6 Å². The molecule has 1 aromatic heterocycles. The van der Waals surface area contributed by atoms with Crippen molar-refractivity contribution in [2.24, 2.45) is 5.73 Å². The van der Waals surface area contributed by atoms with Crippen molar-refractivity contribution >= 4 is 17.2 Å². The Bertz CT molecular complexity index is 604. The fraction of sp³-hybridized carbons (Fsp3) is 0.231. The Morgan fingerprint density at radius 2 is 2.11 bits per heavy atom. The highest BCUT2D eigenvalue weighted by atomic mass is 32.1. The number of nitrogens with zero attached hydrogens (tertiary/aromatic N) is 2. The van der Waals surface area contributed by atoms with Gasteiger partial charge >= 0.3 is 0 Å². The summed E-state index contributed by atoms with van der Waals surface area (Å²) in [7, 11) is 0. The number of rotatable bonds is 3. The van der Waals surface area contributed by atoms with Gasteiger partial charge in [-0.3, -0.25) is 4.68 Å². The first-order valence-corrected chi connectivity index (χ1v) is 5.97. The molecule has 0 unspecified atom stereocenters. The van der Waals surface area contributed by atoms with Crippen LogP contribution in [0.15, 0.2) is 24.3 Å². The van der Waals surface area contributed by atoms with E-state index in [0.717, 1.165) is 11.4 Å². The summed E-state index contributed by atoms with van der Waals surface area (Å²) in [5.41, 5.74) is 8.66. The normalized spacial score (nSPS) is 10.6. The Morgan fingerprint density at radius 1 is 1.39 bits per heavy atom. The van der Waals surface area contributed by atoms with Crippen LogP contribution in [0, 0.1) is 19.7 Å². The average molecular weight is 263 g/mol. The van der Waals surface area contributed by atoms with Gasteiger partial charge in [-0.25, -0.2) is 4.39 Å². The van der Waals surface area contributed by atoms with Crippen molar-refractivity contribution in [1.82, 2.24) is 9.78 Å². The summed E-state index contributed by atoms with van der Waals surface area (Å²) >= 11 is 4.89. The largest absolute Gasteiger partial charge is 0.389 e. The average Bonchev–Trinajstić information content (AvgIpc) is 2.60. The van der Waals surface area contributed by atoms with Crippen molar-refractivity contribution in [1.29, 1.82) is 0 Å². The van der Waals surface area contributed by atoms with Crippen LogP contribution < -0.4 is 5.73 Å². The molecule has 2 rings (SSSR count). The number of hydrogen-bond donors (Lipinski definition) is 1. The van der Waals surface area contributed by atoms with Gasteiger partial charge in [-0.1, -0.05) is 12.2 Å². The van der Waals surface area contributed by atoms with Crippen molar-refractivity contribution in [3.8, 4) is 0 Å². The molecule has 1 aromatic carbocycles. The minimum atomic E-state index is -0.275. The molecular weight excluding hydrogens is 249 g/mol. The Balaban J connectivity index is 2.36. The van der Waals surface area contributed by atoms with E-state index in [1.54, 1.807) is 16.8 Å². The van der Waals surface area contributed by atoms with Gasteiger partial charge < -0.3 is 5.73 Å².